The molecule has 0 fully saturated rings. The minimum Gasteiger partial charge on any atom is -0.349 e. The fourth-order valence-corrected chi connectivity index (χ4v) is 3.40. The van der Waals surface area contributed by atoms with E-state index >= 15 is 0 Å². The quantitative estimate of drug-likeness (QED) is 0.753. The van der Waals surface area contributed by atoms with E-state index in [0.29, 0.717) is 5.69 Å². The summed E-state index contributed by atoms with van der Waals surface area (Å²) in [4.78, 5) is 12.0. The van der Waals surface area contributed by atoms with Crippen LogP contribution < -0.4 is 10.0 Å². The number of hydrogen-bond donors (Lipinski definition) is 2. The largest absolute Gasteiger partial charge is 0.349 e. The van der Waals surface area contributed by atoms with E-state index < -0.39 is 15.9 Å². The summed E-state index contributed by atoms with van der Waals surface area (Å²) in [6.45, 7) is 7.61. The number of rotatable bonds is 6. The first-order valence-corrected chi connectivity index (χ1v) is 9.39. The number of hydrogen-bond acceptors (Lipinski definition) is 3. The molecule has 0 bridgehead atoms. The van der Waals surface area contributed by atoms with Crippen molar-refractivity contribution in [2.75, 3.05) is 11.3 Å². The summed E-state index contributed by atoms with van der Waals surface area (Å²) in [5.74, 6) is -0.465. The Morgan fingerprint density at radius 3 is 2.52 bits per heavy atom. The zero-order chi connectivity index (χ0) is 18.6. The second-order valence-electron chi connectivity index (χ2n) is 5.54. The van der Waals surface area contributed by atoms with Gasteiger partial charge in [-0.3, -0.25) is 9.52 Å². The van der Waals surface area contributed by atoms with Crippen molar-refractivity contribution in [3.63, 3.8) is 0 Å². The van der Waals surface area contributed by atoms with Crippen molar-refractivity contribution in [3.05, 3.63) is 70.8 Å². The first-order valence-electron chi connectivity index (χ1n) is 7.53. The molecule has 0 heterocycles. The van der Waals surface area contributed by atoms with Crippen LogP contribution in [0.1, 0.15) is 21.5 Å². The normalized spacial score (nSPS) is 11.0. The molecular weight excluding hydrogens is 360 g/mol. The molecule has 2 rings (SSSR count). The van der Waals surface area contributed by atoms with Gasteiger partial charge in [0, 0.05) is 12.2 Å². The van der Waals surface area contributed by atoms with Gasteiger partial charge in [-0.2, -0.15) is 0 Å². The van der Waals surface area contributed by atoms with Gasteiger partial charge in [0.2, 0.25) is 0 Å². The Kier molecular flexibility index (Phi) is 5.87. The van der Waals surface area contributed by atoms with Gasteiger partial charge < -0.3 is 5.32 Å². The lowest BCUT2D eigenvalue weighted by atomic mass is 10.1. The van der Waals surface area contributed by atoms with Crippen LogP contribution in [0.4, 0.5) is 5.69 Å². The molecule has 0 saturated heterocycles. The lowest BCUT2D eigenvalue weighted by molar-refractivity contribution is 0.0958. The van der Waals surface area contributed by atoms with E-state index in [1.165, 1.54) is 24.3 Å². The zero-order valence-corrected chi connectivity index (χ0v) is 15.5. The SMILES string of the molecule is C=CCNC(=O)c1cc(S(=O)(=O)Nc2ccc(C)c(C)c2)ccc1Cl. The first kappa shape index (κ1) is 19.0. The van der Waals surface area contributed by atoms with Crippen LogP contribution in [0.25, 0.3) is 0 Å². The van der Waals surface area contributed by atoms with Crippen LogP contribution >= 0.6 is 11.6 Å². The molecule has 0 unspecified atom stereocenters. The molecule has 0 radical (unpaired) electrons. The second-order valence-corrected chi connectivity index (χ2v) is 7.63. The molecule has 0 saturated carbocycles. The number of carbonyl (C=O) groups excluding carboxylic acids is 1. The van der Waals surface area contributed by atoms with Crippen LogP contribution in [-0.4, -0.2) is 20.9 Å². The fourth-order valence-electron chi connectivity index (χ4n) is 2.12. The monoisotopic (exact) mass is 378 g/mol. The lowest BCUT2D eigenvalue weighted by Gasteiger charge is -2.12. The second kappa shape index (κ2) is 7.72. The van der Waals surface area contributed by atoms with E-state index in [9.17, 15) is 13.2 Å². The molecule has 132 valence electrons. The third kappa shape index (κ3) is 4.61. The number of nitrogens with one attached hydrogen (secondary N) is 2. The molecule has 0 aromatic heterocycles. The van der Waals surface area contributed by atoms with Crippen molar-refractivity contribution in [2.45, 2.75) is 18.7 Å². The molecule has 1 amide bonds. The summed E-state index contributed by atoms with van der Waals surface area (Å²) in [6, 6.07) is 9.27. The van der Waals surface area contributed by atoms with Crippen LogP contribution in [0.3, 0.4) is 0 Å². The maximum absolute atomic E-state index is 12.6. The van der Waals surface area contributed by atoms with E-state index in [1.54, 1.807) is 12.1 Å². The van der Waals surface area contributed by atoms with Gasteiger partial charge in [0.05, 0.1) is 15.5 Å². The highest BCUT2D eigenvalue weighted by Crippen LogP contribution is 2.23. The molecule has 2 aromatic carbocycles. The number of carbonyl (C=O) groups is 1. The topological polar surface area (TPSA) is 75.3 Å². The summed E-state index contributed by atoms with van der Waals surface area (Å²) in [5, 5.41) is 2.75. The molecule has 2 aromatic rings. The highest BCUT2D eigenvalue weighted by molar-refractivity contribution is 7.92. The summed E-state index contributed by atoms with van der Waals surface area (Å²) in [5.41, 5.74) is 2.58. The van der Waals surface area contributed by atoms with Crippen molar-refractivity contribution in [2.24, 2.45) is 0 Å². The Balaban J connectivity index is 2.34. The third-order valence-electron chi connectivity index (χ3n) is 3.66. The van der Waals surface area contributed by atoms with Gasteiger partial charge in [-0.15, -0.1) is 6.58 Å². The molecule has 0 aliphatic rings. The zero-order valence-electron chi connectivity index (χ0n) is 14.0. The highest BCUT2D eigenvalue weighted by Gasteiger charge is 2.19. The van der Waals surface area contributed by atoms with Gasteiger partial charge in [-0.05, 0) is 55.3 Å². The van der Waals surface area contributed by atoms with E-state index in [0.717, 1.165) is 11.1 Å². The molecule has 0 aliphatic carbocycles. The Bertz CT molecular complexity index is 924. The number of amides is 1. The highest BCUT2D eigenvalue weighted by atomic mass is 35.5. The Hall–Kier alpha value is -2.31. The Morgan fingerprint density at radius 1 is 1.16 bits per heavy atom. The maximum atomic E-state index is 12.6. The number of sulfonamides is 1. The van der Waals surface area contributed by atoms with Crippen LogP contribution in [0.2, 0.25) is 5.02 Å². The predicted octanol–water partition coefficient (Wildman–Crippen LogP) is 3.67. The summed E-state index contributed by atoms with van der Waals surface area (Å²) < 4.78 is 27.7. The van der Waals surface area contributed by atoms with Gasteiger partial charge in [-0.25, -0.2) is 8.42 Å². The summed E-state index contributed by atoms with van der Waals surface area (Å²) in [7, 11) is -3.85. The summed E-state index contributed by atoms with van der Waals surface area (Å²) in [6.07, 6.45) is 1.52. The van der Waals surface area contributed by atoms with E-state index in [2.05, 4.69) is 16.6 Å². The van der Waals surface area contributed by atoms with Crippen LogP contribution in [0.5, 0.6) is 0 Å². The molecule has 0 spiro atoms. The molecule has 5 nitrogen and oxygen atoms in total. The van der Waals surface area contributed by atoms with Gasteiger partial charge in [-0.1, -0.05) is 23.7 Å². The first-order chi connectivity index (χ1) is 11.7. The van der Waals surface area contributed by atoms with Crippen molar-refractivity contribution in [1.82, 2.24) is 5.32 Å². The predicted molar refractivity (Wildman–Crippen MR) is 101 cm³/mol. The van der Waals surface area contributed by atoms with Gasteiger partial charge >= 0.3 is 0 Å². The van der Waals surface area contributed by atoms with E-state index in [-0.39, 0.29) is 22.0 Å². The van der Waals surface area contributed by atoms with Crippen molar-refractivity contribution in [1.29, 1.82) is 0 Å². The van der Waals surface area contributed by atoms with Crippen LogP contribution in [0.15, 0.2) is 53.9 Å². The Labute approximate surface area is 152 Å². The average Bonchev–Trinajstić information content (AvgIpc) is 2.56. The molecule has 0 aliphatic heterocycles. The fraction of sp³-hybridized carbons (Fsp3) is 0.167. The molecule has 0 atom stereocenters. The van der Waals surface area contributed by atoms with Crippen molar-refractivity contribution in [3.8, 4) is 0 Å². The van der Waals surface area contributed by atoms with Crippen LogP contribution in [0, 0.1) is 13.8 Å². The third-order valence-corrected chi connectivity index (χ3v) is 5.37. The van der Waals surface area contributed by atoms with Gasteiger partial charge in [0.25, 0.3) is 15.9 Å². The van der Waals surface area contributed by atoms with Crippen molar-refractivity contribution >= 4 is 33.2 Å². The minimum atomic E-state index is -3.85. The number of aryl methyl sites for hydroxylation is 2. The van der Waals surface area contributed by atoms with Crippen LogP contribution in [-0.2, 0) is 10.0 Å². The standard InChI is InChI=1S/C18H19ClN2O3S/c1-4-9-20-18(22)16-11-15(7-8-17(16)19)25(23,24)21-14-6-5-12(2)13(3)10-14/h4-8,10-11,21H,1,9H2,2-3H3,(H,20,22). The van der Waals surface area contributed by atoms with E-state index in [4.69, 9.17) is 11.6 Å². The Morgan fingerprint density at radius 2 is 1.88 bits per heavy atom. The summed E-state index contributed by atoms with van der Waals surface area (Å²) >= 11 is 6.02. The minimum absolute atomic E-state index is 0.0427. The number of anilines is 1. The van der Waals surface area contributed by atoms with Gasteiger partial charge in [0.1, 0.15) is 0 Å². The molecular formula is C18H19ClN2O3S. The van der Waals surface area contributed by atoms with Crippen molar-refractivity contribution < 1.29 is 13.2 Å². The number of benzene rings is 2. The smallest absolute Gasteiger partial charge is 0.261 e. The molecule has 2 N–H and O–H groups in total. The van der Waals surface area contributed by atoms with Gasteiger partial charge in [0.15, 0.2) is 0 Å². The molecule has 7 heteroatoms. The maximum Gasteiger partial charge on any atom is 0.261 e. The number of halogens is 1. The lowest BCUT2D eigenvalue weighted by Crippen LogP contribution is -2.24. The van der Waals surface area contributed by atoms with E-state index in [1.807, 2.05) is 19.9 Å². The average molecular weight is 379 g/mol. The molecule has 25 heavy (non-hydrogen) atoms.